The van der Waals surface area contributed by atoms with Crippen molar-refractivity contribution in [1.29, 1.82) is 0 Å². The van der Waals surface area contributed by atoms with Crippen molar-refractivity contribution in [3.8, 4) is 0 Å². The van der Waals surface area contributed by atoms with Crippen LogP contribution in [0.1, 0.15) is 6.42 Å². The molecule has 42 valence electrons. The van der Waals surface area contributed by atoms with E-state index in [-0.39, 0.29) is 11.5 Å². The topological polar surface area (TPSA) is 34.1 Å². The lowest BCUT2D eigenvalue weighted by Crippen LogP contribution is -2.04. The van der Waals surface area contributed by atoms with Gasteiger partial charge in [-0.15, -0.1) is 0 Å². The highest BCUT2D eigenvalue weighted by Gasteiger charge is 2.21. The predicted octanol–water partition coefficient (Wildman–Crippen LogP) is 0.651. The molecule has 0 aromatic heterocycles. The standard InChI is InChI=1S/C5H3ClO2/c6-3-1-2-4(7)5(3)8/h1H,2H2. The summed E-state index contributed by atoms with van der Waals surface area (Å²) in [6.07, 6.45) is 1.60. The van der Waals surface area contributed by atoms with E-state index in [1.165, 1.54) is 6.08 Å². The van der Waals surface area contributed by atoms with Crippen LogP contribution in [0.4, 0.5) is 0 Å². The van der Waals surface area contributed by atoms with Gasteiger partial charge in [0.2, 0.25) is 11.6 Å². The zero-order valence-corrected chi connectivity index (χ0v) is 4.73. The molecule has 0 saturated heterocycles. The van der Waals surface area contributed by atoms with Gasteiger partial charge in [0.1, 0.15) is 0 Å². The van der Waals surface area contributed by atoms with E-state index in [2.05, 4.69) is 0 Å². The van der Waals surface area contributed by atoms with Crippen molar-refractivity contribution in [2.75, 3.05) is 0 Å². The van der Waals surface area contributed by atoms with Crippen LogP contribution in [0.2, 0.25) is 0 Å². The molecule has 0 radical (unpaired) electrons. The summed E-state index contributed by atoms with van der Waals surface area (Å²) in [5, 5.41) is 0.0648. The minimum atomic E-state index is -0.549. The quantitative estimate of drug-likeness (QED) is 0.451. The van der Waals surface area contributed by atoms with Crippen LogP contribution in [-0.2, 0) is 9.59 Å². The Bertz CT molecular complexity index is 181. The number of rotatable bonds is 0. The van der Waals surface area contributed by atoms with Crippen molar-refractivity contribution in [3.05, 3.63) is 11.1 Å². The third-order valence-corrected chi connectivity index (χ3v) is 1.26. The predicted molar refractivity (Wildman–Crippen MR) is 28.6 cm³/mol. The Balaban J connectivity index is 2.89. The molecule has 0 bridgehead atoms. The maximum absolute atomic E-state index is 10.4. The second kappa shape index (κ2) is 1.71. The summed E-state index contributed by atoms with van der Waals surface area (Å²) in [7, 11) is 0. The van der Waals surface area contributed by atoms with Crippen LogP contribution < -0.4 is 0 Å². The summed E-state index contributed by atoms with van der Waals surface area (Å²) >= 11 is 5.25. The summed E-state index contributed by atoms with van der Waals surface area (Å²) in [6, 6.07) is 0. The number of ketones is 2. The largest absolute Gasteiger partial charge is 0.290 e. The molecule has 0 saturated carbocycles. The molecule has 0 aromatic carbocycles. The highest BCUT2D eigenvalue weighted by molar-refractivity contribution is 6.60. The van der Waals surface area contributed by atoms with Gasteiger partial charge in [-0.1, -0.05) is 17.7 Å². The van der Waals surface area contributed by atoms with Crippen LogP contribution in [0.15, 0.2) is 11.1 Å². The Morgan fingerprint density at radius 3 is 2.25 bits per heavy atom. The van der Waals surface area contributed by atoms with Crippen LogP contribution in [-0.4, -0.2) is 11.6 Å². The van der Waals surface area contributed by atoms with Crippen molar-refractivity contribution < 1.29 is 9.59 Å². The van der Waals surface area contributed by atoms with Gasteiger partial charge in [0, 0.05) is 6.42 Å². The van der Waals surface area contributed by atoms with Crippen molar-refractivity contribution >= 4 is 23.2 Å². The Morgan fingerprint density at radius 1 is 1.50 bits per heavy atom. The summed E-state index contributed by atoms with van der Waals surface area (Å²) in [5.41, 5.74) is 0. The first-order valence-electron chi connectivity index (χ1n) is 2.15. The van der Waals surface area contributed by atoms with Crippen LogP contribution in [0, 0.1) is 0 Å². The van der Waals surface area contributed by atoms with Crippen molar-refractivity contribution in [2.24, 2.45) is 0 Å². The molecule has 1 rings (SSSR count). The highest BCUT2D eigenvalue weighted by Crippen LogP contribution is 2.13. The molecule has 0 heterocycles. The minimum Gasteiger partial charge on any atom is -0.290 e. The molecule has 0 N–H and O–H groups in total. The molecule has 0 aromatic rings. The summed E-state index contributed by atoms with van der Waals surface area (Å²) in [5.74, 6) is -0.957. The lowest BCUT2D eigenvalue weighted by atomic mass is 10.3. The summed E-state index contributed by atoms with van der Waals surface area (Å²) < 4.78 is 0. The molecular formula is C5H3ClO2. The van der Waals surface area contributed by atoms with Gasteiger partial charge in [0.15, 0.2) is 0 Å². The van der Waals surface area contributed by atoms with Gasteiger partial charge in [-0.2, -0.15) is 0 Å². The fourth-order valence-electron chi connectivity index (χ4n) is 0.501. The van der Waals surface area contributed by atoms with Gasteiger partial charge < -0.3 is 0 Å². The molecule has 2 nitrogen and oxygen atoms in total. The zero-order chi connectivity index (χ0) is 6.15. The Morgan fingerprint density at radius 2 is 2.12 bits per heavy atom. The third-order valence-electron chi connectivity index (χ3n) is 0.937. The number of carbonyl (C=O) groups excluding carboxylic acids is 2. The first kappa shape index (κ1) is 5.51. The molecule has 0 spiro atoms. The fourth-order valence-corrected chi connectivity index (χ4v) is 0.683. The molecule has 1 aliphatic carbocycles. The minimum absolute atomic E-state index is 0.0648. The number of Topliss-reactive ketones (excluding diaryl/α,β-unsaturated/α-hetero) is 2. The van der Waals surface area contributed by atoms with Crippen LogP contribution in [0.3, 0.4) is 0 Å². The lowest BCUT2D eigenvalue weighted by Gasteiger charge is -1.78. The van der Waals surface area contributed by atoms with E-state index in [4.69, 9.17) is 11.6 Å². The number of carbonyl (C=O) groups is 2. The second-order valence-corrected chi connectivity index (χ2v) is 1.92. The van der Waals surface area contributed by atoms with E-state index in [1.807, 2.05) is 0 Å². The van der Waals surface area contributed by atoms with Gasteiger partial charge >= 0.3 is 0 Å². The van der Waals surface area contributed by atoms with E-state index < -0.39 is 11.6 Å². The first-order chi connectivity index (χ1) is 3.72. The third kappa shape index (κ3) is 0.670. The van der Waals surface area contributed by atoms with E-state index >= 15 is 0 Å². The van der Waals surface area contributed by atoms with Crippen LogP contribution in [0.5, 0.6) is 0 Å². The van der Waals surface area contributed by atoms with E-state index in [0.717, 1.165) is 0 Å². The molecule has 1 aliphatic rings. The summed E-state index contributed by atoms with van der Waals surface area (Å²) in [6.45, 7) is 0. The molecule has 0 fully saturated rings. The molecule has 0 atom stereocenters. The number of hydrogen-bond acceptors (Lipinski definition) is 2. The van der Waals surface area contributed by atoms with Crippen molar-refractivity contribution in [1.82, 2.24) is 0 Å². The van der Waals surface area contributed by atoms with Crippen molar-refractivity contribution in [2.45, 2.75) is 6.42 Å². The Hall–Kier alpha value is -0.630. The normalized spacial score (nSPS) is 19.4. The number of allylic oxidation sites excluding steroid dienone is 2. The van der Waals surface area contributed by atoms with E-state index in [0.29, 0.717) is 0 Å². The smallest absolute Gasteiger partial charge is 0.239 e. The Labute approximate surface area is 51.1 Å². The Kier molecular flexibility index (Phi) is 1.18. The first-order valence-corrected chi connectivity index (χ1v) is 2.53. The van der Waals surface area contributed by atoms with Gasteiger partial charge in [0.05, 0.1) is 5.03 Å². The SMILES string of the molecule is O=C1CC=C(Cl)C1=O. The van der Waals surface area contributed by atoms with Crippen LogP contribution in [0.25, 0.3) is 0 Å². The number of halogens is 1. The van der Waals surface area contributed by atoms with Gasteiger partial charge in [-0.3, -0.25) is 9.59 Å². The van der Waals surface area contributed by atoms with Gasteiger partial charge in [-0.25, -0.2) is 0 Å². The molecule has 3 heteroatoms. The lowest BCUT2D eigenvalue weighted by molar-refractivity contribution is -0.132. The maximum Gasteiger partial charge on any atom is 0.239 e. The second-order valence-electron chi connectivity index (χ2n) is 1.51. The van der Waals surface area contributed by atoms with Gasteiger partial charge in [0.25, 0.3) is 0 Å². The van der Waals surface area contributed by atoms with Crippen LogP contribution >= 0.6 is 11.6 Å². The average Bonchev–Trinajstić information content (AvgIpc) is 1.98. The summed E-state index contributed by atoms with van der Waals surface area (Å²) in [4.78, 5) is 20.7. The molecule has 8 heavy (non-hydrogen) atoms. The van der Waals surface area contributed by atoms with E-state index in [9.17, 15) is 9.59 Å². The molecular weight excluding hydrogens is 128 g/mol. The fraction of sp³-hybridized carbons (Fsp3) is 0.200. The zero-order valence-electron chi connectivity index (χ0n) is 3.98. The molecule has 0 amide bonds. The molecule has 0 unspecified atom stereocenters. The molecule has 0 aliphatic heterocycles. The maximum atomic E-state index is 10.4. The average molecular weight is 131 g/mol. The number of hydrogen-bond donors (Lipinski definition) is 0. The van der Waals surface area contributed by atoms with Gasteiger partial charge in [-0.05, 0) is 0 Å². The van der Waals surface area contributed by atoms with Crippen molar-refractivity contribution in [3.63, 3.8) is 0 Å². The van der Waals surface area contributed by atoms with E-state index in [1.54, 1.807) is 0 Å². The monoisotopic (exact) mass is 130 g/mol. The highest BCUT2D eigenvalue weighted by atomic mass is 35.5.